The number of hydrogen-bond acceptors (Lipinski definition) is 7. The first-order valence-corrected chi connectivity index (χ1v) is 11.1. The highest BCUT2D eigenvalue weighted by Gasteiger charge is 2.34. The smallest absolute Gasteiger partial charge is 0.258 e. The monoisotopic (exact) mass is 473 g/mol. The molecule has 0 saturated heterocycles. The molecule has 1 aliphatic heterocycles. The number of nitrogens with two attached hydrogens (primary N) is 1. The van der Waals surface area contributed by atoms with Crippen molar-refractivity contribution in [1.29, 1.82) is 5.26 Å². The topological polar surface area (TPSA) is 109 Å². The Morgan fingerprint density at radius 1 is 1.03 bits per heavy atom. The Balaban J connectivity index is 1.76. The predicted octanol–water partition coefficient (Wildman–Crippen LogP) is 3.64. The zero-order valence-corrected chi connectivity index (χ0v) is 20.1. The van der Waals surface area contributed by atoms with Crippen LogP contribution in [0, 0.1) is 18.3 Å². The van der Waals surface area contributed by atoms with Crippen molar-refractivity contribution < 1.29 is 18.9 Å². The average Bonchev–Trinajstić information content (AvgIpc) is 2.87. The van der Waals surface area contributed by atoms with E-state index in [-0.39, 0.29) is 17.0 Å². The minimum Gasteiger partial charge on any atom is -0.497 e. The van der Waals surface area contributed by atoms with E-state index in [0.717, 1.165) is 16.8 Å². The van der Waals surface area contributed by atoms with E-state index in [4.69, 9.17) is 24.7 Å². The number of nitrogens with zero attached hydrogens (tertiary/aromatic N) is 2. The molecule has 0 unspecified atom stereocenters. The molecule has 1 atom stereocenters. The third kappa shape index (κ3) is 4.41. The number of hydrogen-bond donors (Lipinski definition) is 1. The van der Waals surface area contributed by atoms with Gasteiger partial charge in [0.25, 0.3) is 5.56 Å². The highest BCUT2D eigenvalue weighted by molar-refractivity contribution is 5.55. The molecular weight excluding hydrogens is 446 g/mol. The van der Waals surface area contributed by atoms with Crippen LogP contribution in [0.1, 0.15) is 28.3 Å². The highest BCUT2D eigenvalue weighted by Crippen LogP contribution is 2.40. The quantitative estimate of drug-likeness (QED) is 0.558. The van der Waals surface area contributed by atoms with Crippen molar-refractivity contribution in [1.82, 2.24) is 4.57 Å². The normalized spacial score (nSPS) is 14.5. The number of ether oxygens (including phenoxy) is 4. The summed E-state index contributed by atoms with van der Waals surface area (Å²) in [7, 11) is 4.76. The summed E-state index contributed by atoms with van der Waals surface area (Å²) in [4.78, 5) is 13.8. The van der Waals surface area contributed by atoms with Crippen molar-refractivity contribution in [3.63, 3.8) is 0 Å². The number of rotatable bonds is 7. The number of allylic oxidation sites excluding steroid dienone is 1. The number of nitriles is 1. The number of benzene rings is 2. The number of aromatic nitrogens is 1. The molecule has 2 heterocycles. The first kappa shape index (κ1) is 23.8. The lowest BCUT2D eigenvalue weighted by Gasteiger charge is -2.27. The van der Waals surface area contributed by atoms with E-state index in [0.29, 0.717) is 41.5 Å². The van der Waals surface area contributed by atoms with Gasteiger partial charge in [-0.3, -0.25) is 4.79 Å². The van der Waals surface area contributed by atoms with Crippen LogP contribution >= 0.6 is 0 Å². The molecule has 8 heteroatoms. The van der Waals surface area contributed by atoms with E-state index in [1.54, 1.807) is 44.1 Å². The lowest BCUT2D eigenvalue weighted by Crippen LogP contribution is -2.33. The molecule has 0 bridgehead atoms. The Morgan fingerprint density at radius 3 is 2.37 bits per heavy atom. The molecule has 0 saturated carbocycles. The largest absolute Gasteiger partial charge is 0.497 e. The number of aryl methyl sites for hydroxylation is 2. The van der Waals surface area contributed by atoms with Crippen LogP contribution in [0.4, 0.5) is 0 Å². The van der Waals surface area contributed by atoms with Gasteiger partial charge in [-0.2, -0.15) is 5.26 Å². The second-order valence-electron chi connectivity index (χ2n) is 8.16. The third-order valence-electron chi connectivity index (χ3n) is 6.21. The summed E-state index contributed by atoms with van der Waals surface area (Å²) in [5, 5.41) is 9.85. The third-order valence-corrected chi connectivity index (χ3v) is 6.21. The van der Waals surface area contributed by atoms with Crippen LogP contribution in [0.3, 0.4) is 0 Å². The summed E-state index contributed by atoms with van der Waals surface area (Å²) < 4.78 is 23.4. The Bertz CT molecular complexity index is 1380. The van der Waals surface area contributed by atoms with E-state index >= 15 is 0 Å². The lowest BCUT2D eigenvalue weighted by molar-refractivity contribution is 0.354. The molecule has 1 aromatic heterocycles. The standard InChI is InChI=1S/C27H27N3O5/c1-16-13-23-25(24(20(15-28)26(29)35-23)18-6-8-19(32-2)9-7-18)27(31)30(16)12-11-17-5-10-21(33-3)22(14-17)34-4/h5-10,13-14,24H,11-12,29H2,1-4H3/t24-/m1/s1. The molecule has 1 aliphatic rings. The van der Waals surface area contributed by atoms with Crippen molar-refractivity contribution in [2.75, 3.05) is 21.3 Å². The maximum absolute atomic E-state index is 13.8. The molecule has 8 nitrogen and oxygen atoms in total. The lowest BCUT2D eigenvalue weighted by atomic mass is 9.84. The minimum atomic E-state index is -0.643. The van der Waals surface area contributed by atoms with Gasteiger partial charge in [0.15, 0.2) is 11.5 Å². The van der Waals surface area contributed by atoms with E-state index in [1.807, 2.05) is 37.3 Å². The number of pyridine rings is 1. The van der Waals surface area contributed by atoms with Crippen molar-refractivity contribution in [3.05, 3.63) is 92.7 Å². The van der Waals surface area contributed by atoms with E-state index in [9.17, 15) is 10.1 Å². The van der Waals surface area contributed by atoms with Gasteiger partial charge in [-0.1, -0.05) is 18.2 Å². The van der Waals surface area contributed by atoms with Crippen molar-refractivity contribution in [2.45, 2.75) is 25.8 Å². The van der Waals surface area contributed by atoms with Crippen molar-refractivity contribution >= 4 is 0 Å². The van der Waals surface area contributed by atoms with E-state index in [2.05, 4.69) is 6.07 Å². The van der Waals surface area contributed by atoms with Crippen molar-refractivity contribution in [2.24, 2.45) is 5.73 Å². The minimum absolute atomic E-state index is 0.00250. The first-order valence-electron chi connectivity index (χ1n) is 11.1. The molecule has 0 aliphatic carbocycles. The van der Waals surface area contributed by atoms with Crippen LogP contribution in [0.15, 0.2) is 64.8 Å². The molecule has 3 aromatic rings. The van der Waals surface area contributed by atoms with E-state index < -0.39 is 5.92 Å². The van der Waals surface area contributed by atoms with Crippen LogP contribution in [0.5, 0.6) is 23.0 Å². The second-order valence-corrected chi connectivity index (χ2v) is 8.16. The Hall–Kier alpha value is -4.38. The Morgan fingerprint density at radius 2 is 1.74 bits per heavy atom. The molecule has 0 spiro atoms. The zero-order chi connectivity index (χ0) is 25.1. The first-order chi connectivity index (χ1) is 16.9. The highest BCUT2D eigenvalue weighted by atomic mass is 16.5. The van der Waals surface area contributed by atoms with Gasteiger partial charge < -0.3 is 29.2 Å². The van der Waals surface area contributed by atoms with Gasteiger partial charge in [-0.15, -0.1) is 0 Å². The summed E-state index contributed by atoms with van der Waals surface area (Å²) in [6.07, 6.45) is 0.594. The molecule has 35 heavy (non-hydrogen) atoms. The van der Waals surface area contributed by atoms with Crippen LogP contribution in [-0.4, -0.2) is 25.9 Å². The van der Waals surface area contributed by atoms with Gasteiger partial charge >= 0.3 is 0 Å². The van der Waals surface area contributed by atoms with Crippen LogP contribution in [-0.2, 0) is 13.0 Å². The molecule has 0 radical (unpaired) electrons. The number of methoxy groups -OCH3 is 3. The molecule has 180 valence electrons. The Kier molecular flexibility index (Phi) is 6.69. The van der Waals surface area contributed by atoms with Gasteiger partial charge in [0.2, 0.25) is 5.88 Å². The molecule has 2 aromatic carbocycles. The molecule has 0 fully saturated rings. The second kappa shape index (κ2) is 9.85. The predicted molar refractivity (Wildman–Crippen MR) is 131 cm³/mol. The zero-order valence-electron chi connectivity index (χ0n) is 20.1. The summed E-state index contributed by atoms with van der Waals surface area (Å²) in [6.45, 7) is 2.28. The maximum atomic E-state index is 13.8. The summed E-state index contributed by atoms with van der Waals surface area (Å²) in [5.74, 6) is 1.68. The fourth-order valence-corrected chi connectivity index (χ4v) is 4.37. The van der Waals surface area contributed by atoms with Gasteiger partial charge in [-0.25, -0.2) is 0 Å². The van der Waals surface area contributed by atoms with Gasteiger partial charge in [0.05, 0.1) is 32.8 Å². The van der Waals surface area contributed by atoms with Crippen LogP contribution in [0.25, 0.3) is 0 Å². The maximum Gasteiger partial charge on any atom is 0.258 e. The van der Waals surface area contributed by atoms with E-state index in [1.165, 1.54) is 0 Å². The van der Waals surface area contributed by atoms with Crippen LogP contribution < -0.4 is 30.2 Å². The fourth-order valence-electron chi connectivity index (χ4n) is 4.37. The van der Waals surface area contributed by atoms with Crippen LogP contribution in [0.2, 0.25) is 0 Å². The average molecular weight is 474 g/mol. The van der Waals surface area contributed by atoms with Crippen molar-refractivity contribution in [3.8, 4) is 29.1 Å². The molecular formula is C27H27N3O5. The van der Waals surface area contributed by atoms with Gasteiger partial charge in [0.1, 0.15) is 23.1 Å². The van der Waals surface area contributed by atoms with Gasteiger partial charge in [0, 0.05) is 18.3 Å². The molecule has 4 rings (SSSR count). The fraction of sp³-hybridized carbons (Fsp3) is 0.259. The summed E-state index contributed by atoms with van der Waals surface area (Å²) >= 11 is 0. The molecule has 0 amide bonds. The van der Waals surface area contributed by atoms with Gasteiger partial charge in [-0.05, 0) is 48.7 Å². The summed E-state index contributed by atoms with van der Waals surface area (Å²) in [6, 6.07) is 16.9. The SMILES string of the molecule is COc1ccc([C@@H]2C(C#N)=C(N)Oc3cc(C)n(CCc4ccc(OC)c(OC)c4)c(=O)c32)cc1. The molecule has 2 N–H and O–H groups in total. The number of fused-ring (bicyclic) bond motifs is 1. The Labute approximate surface area is 203 Å². The summed E-state index contributed by atoms with van der Waals surface area (Å²) in [5.41, 5.74) is 8.94.